The van der Waals surface area contributed by atoms with E-state index in [2.05, 4.69) is 25.7 Å². The number of hydrogen-bond donors (Lipinski definition) is 3. The van der Waals surface area contributed by atoms with Gasteiger partial charge in [-0.25, -0.2) is 4.99 Å². The molecule has 2 amide bonds. The molecule has 10 heteroatoms. The van der Waals surface area contributed by atoms with Crippen LogP contribution in [-0.4, -0.2) is 65.3 Å². The van der Waals surface area contributed by atoms with Gasteiger partial charge in [0.1, 0.15) is 0 Å². The predicted molar refractivity (Wildman–Crippen MR) is 122 cm³/mol. The first-order chi connectivity index (χ1) is 15.6. The first-order valence-electron chi connectivity index (χ1n) is 10.3. The number of benzene rings is 1. The molecule has 0 spiro atoms. The topological polar surface area (TPSA) is 120 Å². The van der Waals surface area contributed by atoms with Crippen molar-refractivity contribution in [3.63, 3.8) is 0 Å². The van der Waals surface area contributed by atoms with Crippen LogP contribution in [0.4, 0.5) is 11.4 Å². The Kier molecular flexibility index (Phi) is 7.97. The van der Waals surface area contributed by atoms with Crippen molar-refractivity contribution in [3.8, 4) is 0 Å². The molecule has 0 aliphatic carbocycles. The van der Waals surface area contributed by atoms with Crippen LogP contribution < -0.4 is 16.5 Å². The number of aliphatic imine (C=N–C) groups is 1. The maximum absolute atomic E-state index is 12.6. The quantitative estimate of drug-likeness (QED) is 0.159. The van der Waals surface area contributed by atoms with Gasteiger partial charge in [-0.1, -0.05) is 11.5 Å². The van der Waals surface area contributed by atoms with E-state index < -0.39 is 0 Å². The van der Waals surface area contributed by atoms with Crippen molar-refractivity contribution >= 4 is 29.1 Å². The number of aromatic nitrogens is 1. The number of nitrogens with one attached hydrogen (secondary N) is 2. The van der Waals surface area contributed by atoms with Gasteiger partial charge in [-0.05, 0) is 36.8 Å². The highest BCUT2D eigenvalue weighted by atomic mass is 16.2. The Morgan fingerprint density at radius 1 is 1.16 bits per heavy atom. The molecule has 1 aromatic carbocycles. The van der Waals surface area contributed by atoms with E-state index in [4.69, 9.17) is 12.3 Å². The number of anilines is 2. The highest BCUT2D eigenvalue weighted by molar-refractivity contribution is 5.95. The van der Waals surface area contributed by atoms with Crippen LogP contribution in [0.2, 0.25) is 0 Å². The lowest BCUT2D eigenvalue weighted by Gasteiger charge is -2.35. The fraction of sp³-hybridized carbons (Fsp3) is 0.318. The van der Waals surface area contributed by atoms with Gasteiger partial charge in [0.25, 0.3) is 11.9 Å². The third kappa shape index (κ3) is 6.43. The number of nitrogen functional groups attached to an aromatic ring is 1. The van der Waals surface area contributed by atoms with Crippen LogP contribution in [0, 0.1) is 6.57 Å². The Morgan fingerprint density at radius 2 is 1.94 bits per heavy atom. The van der Waals surface area contributed by atoms with Crippen molar-refractivity contribution in [2.24, 2.45) is 4.99 Å². The van der Waals surface area contributed by atoms with Crippen LogP contribution >= 0.6 is 0 Å². The van der Waals surface area contributed by atoms with Crippen molar-refractivity contribution in [3.05, 3.63) is 65.9 Å². The van der Waals surface area contributed by atoms with Crippen LogP contribution in [0.5, 0.6) is 0 Å². The number of rotatable bonds is 6. The van der Waals surface area contributed by atoms with E-state index in [1.165, 1.54) is 0 Å². The molecule has 0 atom stereocenters. The predicted octanol–water partition coefficient (Wildman–Crippen LogP) is 1.62. The fourth-order valence-electron chi connectivity index (χ4n) is 3.32. The number of nitrogens with two attached hydrogens (primary N) is 1. The summed E-state index contributed by atoms with van der Waals surface area (Å²) in [4.78, 5) is 40.1. The van der Waals surface area contributed by atoms with Gasteiger partial charge in [-0.3, -0.25) is 14.6 Å². The Hall–Kier alpha value is -4.13. The SMILES string of the molecule is [C-]#[N+]NC(=NCCCC(=O)N1CCN(C(=O)c2cccc(N)c2)CC1)Nc1cccnc1. The van der Waals surface area contributed by atoms with Gasteiger partial charge in [0.05, 0.1) is 11.9 Å². The van der Waals surface area contributed by atoms with E-state index >= 15 is 0 Å². The molecule has 4 N–H and O–H groups in total. The van der Waals surface area contributed by atoms with E-state index in [0.717, 1.165) is 0 Å². The first kappa shape index (κ1) is 22.6. The number of carbonyl (C=O) groups excluding carboxylic acids is 2. The second kappa shape index (κ2) is 11.3. The number of hydrogen-bond acceptors (Lipinski definition) is 5. The molecule has 2 heterocycles. The highest BCUT2D eigenvalue weighted by Crippen LogP contribution is 2.13. The summed E-state index contributed by atoms with van der Waals surface area (Å²) in [6, 6.07) is 10.5. The van der Waals surface area contributed by atoms with E-state index in [1.807, 2.05) is 6.07 Å². The molecule has 32 heavy (non-hydrogen) atoms. The third-order valence-corrected chi connectivity index (χ3v) is 4.96. The summed E-state index contributed by atoms with van der Waals surface area (Å²) >= 11 is 0. The standard InChI is InChI=1S/C22H26N8O2/c1-24-28-22(27-19-7-3-9-25-16-19)26-10-4-8-20(31)29-11-13-30(14-12-29)21(32)17-5-2-6-18(23)15-17/h2-3,5-7,9,15-16H,4,8,10-14,23H2,(H2,26,27,28). The second-order valence-electron chi connectivity index (χ2n) is 7.22. The molecule has 1 aromatic heterocycles. The Bertz CT molecular complexity index is 994. The number of piperazine rings is 1. The molecule has 0 bridgehead atoms. The van der Waals surface area contributed by atoms with E-state index in [1.54, 1.807) is 52.5 Å². The van der Waals surface area contributed by atoms with Crippen molar-refractivity contribution in [2.75, 3.05) is 43.8 Å². The van der Waals surface area contributed by atoms with Gasteiger partial charge in [0.15, 0.2) is 0 Å². The number of guanidine groups is 1. The number of pyridine rings is 1. The molecular weight excluding hydrogens is 408 g/mol. The van der Waals surface area contributed by atoms with Crippen LogP contribution in [0.1, 0.15) is 23.2 Å². The molecule has 0 radical (unpaired) electrons. The fourth-order valence-corrected chi connectivity index (χ4v) is 3.32. The number of carbonyl (C=O) groups is 2. The van der Waals surface area contributed by atoms with Crippen LogP contribution in [0.15, 0.2) is 53.8 Å². The summed E-state index contributed by atoms with van der Waals surface area (Å²) in [5.41, 5.74) is 10.1. The minimum absolute atomic E-state index is 0.0381. The average molecular weight is 435 g/mol. The zero-order valence-corrected chi connectivity index (χ0v) is 17.7. The molecule has 1 saturated heterocycles. The molecule has 10 nitrogen and oxygen atoms in total. The van der Waals surface area contributed by atoms with Crippen molar-refractivity contribution < 1.29 is 9.59 Å². The Morgan fingerprint density at radius 3 is 2.62 bits per heavy atom. The smallest absolute Gasteiger partial charge is 0.266 e. The van der Waals surface area contributed by atoms with Crippen LogP contribution in [-0.2, 0) is 4.79 Å². The zero-order chi connectivity index (χ0) is 22.8. The lowest BCUT2D eigenvalue weighted by molar-refractivity contribution is -0.132. The molecule has 166 valence electrons. The Labute approximate surface area is 186 Å². The van der Waals surface area contributed by atoms with Gasteiger partial charge in [-0.15, -0.1) is 0 Å². The zero-order valence-electron chi connectivity index (χ0n) is 17.7. The molecule has 2 aromatic rings. The van der Waals surface area contributed by atoms with Gasteiger partial charge < -0.3 is 20.9 Å². The third-order valence-electron chi connectivity index (χ3n) is 4.96. The van der Waals surface area contributed by atoms with Crippen molar-refractivity contribution in [2.45, 2.75) is 12.8 Å². The average Bonchev–Trinajstić information content (AvgIpc) is 2.82. The molecule has 1 aliphatic heterocycles. The lowest BCUT2D eigenvalue weighted by atomic mass is 10.1. The largest absolute Gasteiger partial charge is 0.399 e. The molecular formula is C22H26N8O2. The lowest BCUT2D eigenvalue weighted by Crippen LogP contribution is -2.50. The second-order valence-corrected chi connectivity index (χ2v) is 7.22. The molecule has 0 unspecified atom stereocenters. The maximum atomic E-state index is 12.6. The summed E-state index contributed by atoms with van der Waals surface area (Å²) in [5.74, 6) is 0.282. The summed E-state index contributed by atoms with van der Waals surface area (Å²) in [6.07, 6.45) is 4.19. The molecule has 0 saturated carbocycles. The monoisotopic (exact) mass is 434 g/mol. The Balaban J connectivity index is 1.42. The minimum atomic E-state index is -0.0697. The number of amides is 2. The van der Waals surface area contributed by atoms with E-state index in [-0.39, 0.29) is 11.8 Å². The minimum Gasteiger partial charge on any atom is -0.399 e. The highest BCUT2D eigenvalue weighted by Gasteiger charge is 2.24. The van der Waals surface area contributed by atoms with Gasteiger partial charge in [-0.2, -0.15) is 11.5 Å². The summed E-state index contributed by atoms with van der Waals surface area (Å²) < 4.78 is 0. The van der Waals surface area contributed by atoms with Gasteiger partial charge in [0.2, 0.25) is 5.91 Å². The van der Waals surface area contributed by atoms with Crippen LogP contribution in [0.25, 0.3) is 4.95 Å². The van der Waals surface area contributed by atoms with Gasteiger partial charge in [0, 0.05) is 56.6 Å². The van der Waals surface area contributed by atoms with Crippen LogP contribution in [0.3, 0.4) is 0 Å². The normalized spacial score (nSPS) is 13.9. The van der Waals surface area contributed by atoms with Gasteiger partial charge >= 0.3 is 0 Å². The summed E-state index contributed by atoms with van der Waals surface area (Å²) in [5, 5.41) is 2.99. The van der Waals surface area contributed by atoms with E-state index in [9.17, 15) is 9.59 Å². The van der Waals surface area contributed by atoms with Crippen molar-refractivity contribution in [1.82, 2.24) is 20.2 Å². The summed E-state index contributed by atoms with van der Waals surface area (Å²) in [7, 11) is 0. The summed E-state index contributed by atoms with van der Waals surface area (Å²) in [6.45, 7) is 9.36. The first-order valence-corrected chi connectivity index (χ1v) is 10.3. The maximum Gasteiger partial charge on any atom is 0.266 e. The van der Waals surface area contributed by atoms with E-state index in [0.29, 0.717) is 68.5 Å². The molecule has 3 rings (SSSR count). The molecule has 1 fully saturated rings. The van der Waals surface area contributed by atoms with Crippen molar-refractivity contribution in [1.29, 1.82) is 0 Å². The molecule has 1 aliphatic rings. The number of nitrogens with zero attached hydrogens (tertiary/aromatic N) is 5.